The predicted octanol–water partition coefficient (Wildman–Crippen LogP) is 1.67. The molecule has 28 heavy (non-hydrogen) atoms. The van der Waals surface area contributed by atoms with Crippen molar-refractivity contribution in [1.29, 1.82) is 0 Å². The number of nitrogens with zero attached hydrogens (tertiary/aromatic N) is 2. The van der Waals surface area contributed by atoms with Crippen LogP contribution in [0.1, 0.15) is 32.6 Å². The summed E-state index contributed by atoms with van der Waals surface area (Å²) in [6.45, 7) is 3.10. The molecular weight excluding hydrogens is 364 g/mol. The molecule has 0 radical (unpaired) electrons. The zero-order valence-corrected chi connectivity index (χ0v) is 16.0. The van der Waals surface area contributed by atoms with Gasteiger partial charge in [-0.15, -0.1) is 0 Å². The lowest BCUT2D eigenvalue weighted by Crippen LogP contribution is -2.46. The highest BCUT2D eigenvalue weighted by atomic mass is 16.5. The van der Waals surface area contributed by atoms with Gasteiger partial charge in [-0.3, -0.25) is 14.4 Å². The Morgan fingerprint density at radius 2 is 2.07 bits per heavy atom. The van der Waals surface area contributed by atoms with Crippen LogP contribution >= 0.6 is 0 Å². The van der Waals surface area contributed by atoms with Crippen molar-refractivity contribution >= 4 is 23.5 Å². The number of rotatable bonds is 8. The zero-order valence-electron chi connectivity index (χ0n) is 16.0. The molecule has 152 valence electrons. The standard InChI is InChI=1S/C20H26N2O6/c1-14-20(26)22(16-6-2-3-7-17(16)28-14)11-8-18(23)21(10-9-19(24)25)13-15-5-4-12-27-15/h2-3,6-7,14-15H,4-5,8-13H2,1H3,(H,24,25). The van der Waals surface area contributed by atoms with E-state index in [0.717, 1.165) is 12.8 Å². The fraction of sp³-hybridized carbons (Fsp3) is 0.550. The smallest absolute Gasteiger partial charge is 0.305 e. The number of benzene rings is 1. The Hall–Kier alpha value is -2.61. The largest absolute Gasteiger partial charge is 0.481 e. The van der Waals surface area contributed by atoms with Gasteiger partial charge in [-0.25, -0.2) is 0 Å². The molecule has 0 spiro atoms. The summed E-state index contributed by atoms with van der Waals surface area (Å²) in [5, 5.41) is 8.98. The Bertz CT molecular complexity index is 731. The minimum absolute atomic E-state index is 0.0523. The maximum absolute atomic E-state index is 12.8. The van der Waals surface area contributed by atoms with E-state index in [4.69, 9.17) is 14.6 Å². The van der Waals surface area contributed by atoms with E-state index in [9.17, 15) is 14.4 Å². The quantitative estimate of drug-likeness (QED) is 0.725. The van der Waals surface area contributed by atoms with Crippen LogP contribution in [0, 0.1) is 0 Å². The summed E-state index contributed by atoms with van der Waals surface area (Å²) in [5.41, 5.74) is 0.648. The second-order valence-corrected chi connectivity index (χ2v) is 7.09. The first-order valence-electron chi connectivity index (χ1n) is 9.64. The minimum atomic E-state index is -0.948. The van der Waals surface area contributed by atoms with E-state index in [1.54, 1.807) is 28.9 Å². The molecule has 2 amide bonds. The molecule has 1 fully saturated rings. The molecule has 1 aromatic rings. The monoisotopic (exact) mass is 390 g/mol. The van der Waals surface area contributed by atoms with Crippen molar-refractivity contribution in [2.75, 3.05) is 31.1 Å². The van der Waals surface area contributed by atoms with E-state index < -0.39 is 12.1 Å². The number of carbonyl (C=O) groups is 3. The summed E-state index contributed by atoms with van der Waals surface area (Å²) in [4.78, 5) is 39.4. The van der Waals surface area contributed by atoms with E-state index in [1.807, 2.05) is 12.1 Å². The van der Waals surface area contributed by atoms with Crippen LogP contribution in [0.5, 0.6) is 5.75 Å². The van der Waals surface area contributed by atoms with Gasteiger partial charge >= 0.3 is 5.97 Å². The van der Waals surface area contributed by atoms with Gasteiger partial charge in [0, 0.05) is 32.7 Å². The SMILES string of the molecule is CC1Oc2ccccc2N(CCC(=O)N(CCC(=O)O)CC2CCCO2)C1=O. The van der Waals surface area contributed by atoms with Crippen LogP contribution in [0.4, 0.5) is 5.69 Å². The van der Waals surface area contributed by atoms with Crippen LogP contribution < -0.4 is 9.64 Å². The molecule has 1 N–H and O–H groups in total. The first-order chi connectivity index (χ1) is 13.5. The van der Waals surface area contributed by atoms with Gasteiger partial charge in [0.05, 0.1) is 18.2 Å². The number of hydrogen-bond acceptors (Lipinski definition) is 5. The van der Waals surface area contributed by atoms with Crippen LogP contribution in [0.25, 0.3) is 0 Å². The molecule has 8 nitrogen and oxygen atoms in total. The Balaban J connectivity index is 1.65. The van der Waals surface area contributed by atoms with Gasteiger partial charge in [0.25, 0.3) is 5.91 Å². The topological polar surface area (TPSA) is 96.4 Å². The molecule has 2 unspecified atom stereocenters. The van der Waals surface area contributed by atoms with Crippen LogP contribution in [0.2, 0.25) is 0 Å². The summed E-state index contributed by atoms with van der Waals surface area (Å²) in [6.07, 6.45) is 1.14. The molecule has 0 saturated carbocycles. The Morgan fingerprint density at radius 3 is 2.79 bits per heavy atom. The van der Waals surface area contributed by atoms with Crippen LogP contribution in [0.3, 0.4) is 0 Å². The van der Waals surface area contributed by atoms with Gasteiger partial charge in [0.2, 0.25) is 5.91 Å². The van der Waals surface area contributed by atoms with Gasteiger partial charge in [0.15, 0.2) is 6.10 Å². The number of carbonyl (C=O) groups excluding carboxylic acids is 2. The maximum Gasteiger partial charge on any atom is 0.305 e. The molecular formula is C20H26N2O6. The van der Waals surface area contributed by atoms with Crippen molar-refractivity contribution in [2.24, 2.45) is 0 Å². The summed E-state index contributed by atoms with van der Waals surface area (Å²) in [6, 6.07) is 7.23. The second-order valence-electron chi connectivity index (χ2n) is 7.09. The number of para-hydroxylation sites is 2. The van der Waals surface area contributed by atoms with Crippen molar-refractivity contribution < 1.29 is 29.0 Å². The second kappa shape index (κ2) is 9.05. The highest BCUT2D eigenvalue weighted by molar-refractivity contribution is 6.00. The maximum atomic E-state index is 12.8. The molecule has 0 bridgehead atoms. The van der Waals surface area contributed by atoms with Crippen LogP contribution in [-0.2, 0) is 19.1 Å². The van der Waals surface area contributed by atoms with Gasteiger partial charge in [-0.2, -0.15) is 0 Å². The lowest BCUT2D eigenvalue weighted by atomic mass is 10.1. The number of amides is 2. The molecule has 1 aromatic carbocycles. The normalized spacial score (nSPS) is 21.2. The third kappa shape index (κ3) is 4.81. The summed E-state index contributed by atoms with van der Waals surface area (Å²) < 4.78 is 11.2. The number of aliphatic carboxylic acids is 1. The third-order valence-corrected chi connectivity index (χ3v) is 5.02. The molecule has 0 aromatic heterocycles. The first kappa shape index (κ1) is 20.1. The van der Waals surface area contributed by atoms with Crippen molar-refractivity contribution in [3.05, 3.63) is 24.3 Å². The molecule has 8 heteroatoms. The fourth-order valence-electron chi connectivity index (χ4n) is 3.54. The molecule has 0 aliphatic carbocycles. The Morgan fingerprint density at radius 1 is 1.29 bits per heavy atom. The first-order valence-corrected chi connectivity index (χ1v) is 9.64. The lowest BCUT2D eigenvalue weighted by molar-refractivity contribution is -0.139. The summed E-state index contributed by atoms with van der Waals surface area (Å²) in [5.74, 6) is -0.704. The van der Waals surface area contributed by atoms with Crippen LogP contribution in [0.15, 0.2) is 24.3 Å². The highest BCUT2D eigenvalue weighted by Gasteiger charge is 2.32. The van der Waals surface area contributed by atoms with E-state index in [1.165, 1.54) is 0 Å². The number of ether oxygens (including phenoxy) is 2. The molecule has 2 atom stereocenters. The number of fused-ring (bicyclic) bond motifs is 1. The van der Waals surface area contributed by atoms with E-state index in [-0.39, 0.29) is 43.8 Å². The minimum Gasteiger partial charge on any atom is -0.481 e. The van der Waals surface area contributed by atoms with Crippen LogP contribution in [-0.4, -0.2) is 66.2 Å². The summed E-state index contributed by atoms with van der Waals surface area (Å²) in [7, 11) is 0. The van der Waals surface area contributed by atoms with Crippen molar-refractivity contribution in [1.82, 2.24) is 4.90 Å². The third-order valence-electron chi connectivity index (χ3n) is 5.02. The van der Waals surface area contributed by atoms with Gasteiger partial charge < -0.3 is 24.4 Å². The molecule has 2 heterocycles. The van der Waals surface area contributed by atoms with Gasteiger partial charge in [-0.05, 0) is 31.9 Å². The Kier molecular flexibility index (Phi) is 6.51. The van der Waals surface area contributed by atoms with E-state index >= 15 is 0 Å². The molecule has 3 rings (SSSR count). The van der Waals surface area contributed by atoms with Gasteiger partial charge in [-0.1, -0.05) is 12.1 Å². The lowest BCUT2D eigenvalue weighted by Gasteiger charge is -2.33. The average molecular weight is 390 g/mol. The van der Waals surface area contributed by atoms with E-state index in [2.05, 4.69) is 0 Å². The predicted molar refractivity (Wildman–Crippen MR) is 101 cm³/mol. The molecule has 1 saturated heterocycles. The average Bonchev–Trinajstić information content (AvgIpc) is 3.18. The van der Waals surface area contributed by atoms with Crippen molar-refractivity contribution in [2.45, 2.75) is 44.8 Å². The number of carboxylic acid groups (broad SMARTS) is 1. The fourth-order valence-corrected chi connectivity index (χ4v) is 3.54. The number of carboxylic acids is 1. The molecule has 2 aliphatic heterocycles. The highest BCUT2D eigenvalue weighted by Crippen LogP contribution is 2.33. The number of hydrogen-bond donors (Lipinski definition) is 1. The van der Waals surface area contributed by atoms with Crippen molar-refractivity contribution in [3.63, 3.8) is 0 Å². The Labute approximate surface area is 164 Å². The zero-order chi connectivity index (χ0) is 20.1. The van der Waals surface area contributed by atoms with Gasteiger partial charge in [0.1, 0.15) is 5.75 Å². The molecule has 2 aliphatic rings. The van der Waals surface area contributed by atoms with Crippen molar-refractivity contribution in [3.8, 4) is 5.75 Å². The van der Waals surface area contributed by atoms with E-state index in [0.29, 0.717) is 24.6 Å². The number of anilines is 1. The summed E-state index contributed by atoms with van der Waals surface area (Å²) >= 11 is 0.